The van der Waals surface area contributed by atoms with Crippen molar-refractivity contribution in [2.75, 3.05) is 18.6 Å². The zero-order valence-corrected chi connectivity index (χ0v) is 21.9. The molecule has 0 radical (unpaired) electrons. The maximum absolute atomic E-state index is 13.0. The van der Waals surface area contributed by atoms with Gasteiger partial charge < -0.3 is 9.64 Å². The number of nitro groups is 1. The average Bonchev–Trinajstić information content (AvgIpc) is 3.07. The average molecular weight is 557 g/mol. The summed E-state index contributed by atoms with van der Waals surface area (Å²) in [5, 5.41) is 11.5. The first-order valence-corrected chi connectivity index (χ1v) is 12.5. The lowest BCUT2D eigenvalue weighted by molar-refractivity contribution is -0.388. The summed E-state index contributed by atoms with van der Waals surface area (Å²) in [6, 6.07) is 16.0. The van der Waals surface area contributed by atoms with Gasteiger partial charge in [0.2, 0.25) is 0 Å². The molecule has 0 saturated heterocycles. The zero-order valence-electron chi connectivity index (χ0n) is 21.1. The van der Waals surface area contributed by atoms with Gasteiger partial charge in [-0.05, 0) is 35.9 Å². The Labute approximate surface area is 226 Å². The van der Waals surface area contributed by atoms with Crippen molar-refractivity contribution in [3.05, 3.63) is 105 Å². The number of likely N-dealkylation sites (N-methyl/N-ethyl adjacent to an activating group) is 1. The molecule has 3 aromatic carbocycles. The highest BCUT2D eigenvalue weighted by molar-refractivity contribution is 7.99. The number of allylic oxidation sites excluding steroid dienone is 1. The molecular formula is C28H23F3N2O5S. The van der Waals surface area contributed by atoms with Gasteiger partial charge in [0, 0.05) is 40.9 Å². The third-order valence-electron chi connectivity index (χ3n) is 6.39. The molecule has 1 heterocycles. The van der Waals surface area contributed by atoms with Crippen molar-refractivity contribution in [2.45, 2.75) is 35.2 Å². The molecule has 0 unspecified atom stereocenters. The van der Waals surface area contributed by atoms with Gasteiger partial charge in [-0.1, -0.05) is 55.9 Å². The normalized spacial score (nSPS) is 15.2. The van der Waals surface area contributed by atoms with E-state index < -0.39 is 46.1 Å². The van der Waals surface area contributed by atoms with Crippen LogP contribution >= 0.6 is 11.8 Å². The quantitative estimate of drug-likeness (QED) is 0.137. The molecule has 1 aliphatic rings. The molecular weight excluding hydrogens is 533 g/mol. The fourth-order valence-electron chi connectivity index (χ4n) is 4.43. The molecule has 0 spiro atoms. The Hall–Kier alpha value is -4.12. The van der Waals surface area contributed by atoms with Crippen molar-refractivity contribution < 1.29 is 32.4 Å². The monoisotopic (exact) mass is 556 g/mol. The maximum atomic E-state index is 13.0. The SMILES string of the molecule is CN1C(=CC(=O)COC(=O)c2ccccc2Sc2ccc(C(F)(F)F)cc2[N+](=O)[O-])C(C)(C)c2ccccc21. The molecule has 11 heteroatoms. The molecule has 3 aromatic rings. The van der Waals surface area contributed by atoms with Crippen LogP contribution in [0, 0.1) is 10.1 Å². The lowest BCUT2D eigenvalue weighted by Gasteiger charge is -2.23. The van der Waals surface area contributed by atoms with Crippen molar-refractivity contribution in [3.63, 3.8) is 0 Å². The molecule has 0 amide bonds. The number of ether oxygens (including phenoxy) is 1. The number of esters is 1. The van der Waals surface area contributed by atoms with Crippen molar-refractivity contribution in [1.29, 1.82) is 0 Å². The number of anilines is 1. The van der Waals surface area contributed by atoms with Crippen molar-refractivity contribution in [2.24, 2.45) is 0 Å². The topological polar surface area (TPSA) is 89.8 Å². The zero-order chi connectivity index (χ0) is 28.5. The summed E-state index contributed by atoms with van der Waals surface area (Å²) in [6.45, 7) is 3.45. The van der Waals surface area contributed by atoms with Crippen LogP contribution in [0.2, 0.25) is 0 Å². The minimum atomic E-state index is -4.75. The van der Waals surface area contributed by atoms with E-state index in [1.807, 2.05) is 50.1 Å². The Balaban J connectivity index is 1.51. The molecule has 0 N–H and O–H groups in total. The molecule has 0 aliphatic carbocycles. The number of carbonyl (C=O) groups excluding carboxylic acids is 2. The van der Waals surface area contributed by atoms with E-state index in [1.54, 1.807) is 12.1 Å². The van der Waals surface area contributed by atoms with Crippen molar-refractivity contribution >= 4 is 34.9 Å². The predicted octanol–water partition coefficient (Wildman–Crippen LogP) is 6.80. The van der Waals surface area contributed by atoms with Crippen LogP contribution in [-0.2, 0) is 21.1 Å². The van der Waals surface area contributed by atoms with Crippen LogP contribution in [-0.4, -0.2) is 30.3 Å². The lowest BCUT2D eigenvalue weighted by atomic mass is 9.83. The fourth-order valence-corrected chi connectivity index (χ4v) is 5.45. The van der Waals surface area contributed by atoms with E-state index in [1.165, 1.54) is 18.2 Å². The second kappa shape index (κ2) is 10.6. The first-order valence-electron chi connectivity index (χ1n) is 11.7. The fraction of sp³-hybridized carbons (Fsp3) is 0.214. The first kappa shape index (κ1) is 27.9. The van der Waals surface area contributed by atoms with E-state index in [0.717, 1.165) is 40.8 Å². The molecule has 7 nitrogen and oxygen atoms in total. The van der Waals surface area contributed by atoms with Gasteiger partial charge in [0.15, 0.2) is 12.4 Å². The summed E-state index contributed by atoms with van der Waals surface area (Å²) in [5.41, 5.74) is 0.457. The van der Waals surface area contributed by atoms with Crippen molar-refractivity contribution in [1.82, 2.24) is 0 Å². The molecule has 0 aromatic heterocycles. The summed E-state index contributed by atoms with van der Waals surface area (Å²) in [4.78, 5) is 38.2. The Morgan fingerprint density at radius 1 is 1.05 bits per heavy atom. The Kier molecular flexibility index (Phi) is 7.56. The second-order valence-electron chi connectivity index (χ2n) is 9.31. The molecule has 202 valence electrons. The minimum absolute atomic E-state index is 0.0165. The van der Waals surface area contributed by atoms with Crippen LogP contribution in [0.3, 0.4) is 0 Å². The number of para-hydroxylation sites is 1. The van der Waals surface area contributed by atoms with Gasteiger partial charge in [0.05, 0.1) is 20.9 Å². The second-order valence-corrected chi connectivity index (χ2v) is 10.4. The van der Waals surface area contributed by atoms with Crippen LogP contribution in [0.25, 0.3) is 0 Å². The van der Waals surface area contributed by atoms with Gasteiger partial charge in [-0.3, -0.25) is 14.9 Å². The number of nitro benzene ring substituents is 1. The third-order valence-corrected chi connectivity index (χ3v) is 7.53. The van der Waals surface area contributed by atoms with E-state index in [-0.39, 0.29) is 15.4 Å². The summed E-state index contributed by atoms with van der Waals surface area (Å²) < 4.78 is 44.4. The summed E-state index contributed by atoms with van der Waals surface area (Å²) in [5.74, 6) is -1.28. The number of fused-ring (bicyclic) bond motifs is 1. The Bertz CT molecular complexity index is 1500. The molecule has 0 fully saturated rings. The summed E-state index contributed by atoms with van der Waals surface area (Å²) in [7, 11) is 1.85. The van der Waals surface area contributed by atoms with E-state index in [4.69, 9.17) is 4.74 Å². The molecule has 0 bridgehead atoms. The molecule has 39 heavy (non-hydrogen) atoms. The van der Waals surface area contributed by atoms with Crippen LogP contribution in [0.1, 0.15) is 35.3 Å². The highest BCUT2D eigenvalue weighted by Gasteiger charge is 2.38. The van der Waals surface area contributed by atoms with Crippen LogP contribution in [0.4, 0.5) is 24.5 Å². The predicted molar refractivity (Wildman–Crippen MR) is 140 cm³/mol. The van der Waals surface area contributed by atoms with Crippen LogP contribution in [0.5, 0.6) is 0 Å². The number of nitrogens with zero attached hydrogens (tertiary/aromatic N) is 2. The molecule has 0 atom stereocenters. The molecule has 4 rings (SSSR count). The van der Waals surface area contributed by atoms with Crippen LogP contribution in [0.15, 0.2) is 88.3 Å². The van der Waals surface area contributed by atoms with Crippen molar-refractivity contribution in [3.8, 4) is 0 Å². The number of benzene rings is 3. The van der Waals surface area contributed by atoms with Gasteiger partial charge in [-0.25, -0.2) is 4.79 Å². The number of hydrogen-bond acceptors (Lipinski definition) is 7. The van der Waals surface area contributed by atoms with Gasteiger partial charge in [0.25, 0.3) is 5.69 Å². The largest absolute Gasteiger partial charge is 0.454 e. The standard InChI is InChI=1S/C28H23F3N2O5S/c1-27(2)20-9-5-6-10-21(20)32(3)25(27)15-18(34)16-38-26(35)19-8-4-7-11-23(19)39-24-13-12-17(28(29,30)31)14-22(24)33(36)37/h4-15H,16H2,1-3H3. The van der Waals surface area contributed by atoms with Gasteiger partial charge in [-0.15, -0.1) is 0 Å². The van der Waals surface area contributed by atoms with E-state index >= 15 is 0 Å². The van der Waals surface area contributed by atoms with E-state index in [2.05, 4.69) is 0 Å². The molecule has 0 saturated carbocycles. The van der Waals surface area contributed by atoms with Crippen LogP contribution < -0.4 is 4.90 Å². The maximum Gasteiger partial charge on any atom is 0.416 e. The minimum Gasteiger partial charge on any atom is -0.454 e. The Morgan fingerprint density at radius 3 is 2.38 bits per heavy atom. The first-order chi connectivity index (χ1) is 18.3. The highest BCUT2D eigenvalue weighted by atomic mass is 32.2. The Morgan fingerprint density at radius 2 is 1.72 bits per heavy atom. The lowest BCUT2D eigenvalue weighted by Crippen LogP contribution is -2.25. The smallest absolute Gasteiger partial charge is 0.416 e. The van der Waals surface area contributed by atoms with E-state index in [0.29, 0.717) is 6.07 Å². The number of rotatable bonds is 7. The number of halogens is 3. The number of ketones is 1. The number of carbonyl (C=O) groups is 2. The highest BCUT2D eigenvalue weighted by Crippen LogP contribution is 2.46. The van der Waals surface area contributed by atoms with E-state index in [9.17, 15) is 32.9 Å². The number of alkyl halides is 3. The number of hydrogen-bond donors (Lipinski definition) is 0. The van der Waals surface area contributed by atoms with Gasteiger partial charge in [-0.2, -0.15) is 13.2 Å². The summed E-state index contributed by atoms with van der Waals surface area (Å²) >= 11 is 0.757. The van der Waals surface area contributed by atoms with Gasteiger partial charge >= 0.3 is 12.1 Å². The third kappa shape index (κ3) is 5.68. The van der Waals surface area contributed by atoms with Gasteiger partial charge in [0.1, 0.15) is 0 Å². The molecule has 1 aliphatic heterocycles. The summed E-state index contributed by atoms with van der Waals surface area (Å²) in [6.07, 6.45) is -3.30.